The summed E-state index contributed by atoms with van der Waals surface area (Å²) < 4.78 is 5.36. The smallest absolute Gasteiger partial charge is 0.220 e. The SMILES string of the molecule is COc1ncnc(C(C)(C)C)c1C(C)(C)C. The molecule has 1 aromatic heterocycles. The van der Waals surface area contributed by atoms with E-state index in [-0.39, 0.29) is 10.8 Å². The molecule has 0 aliphatic rings. The molecule has 0 aliphatic carbocycles. The zero-order valence-corrected chi connectivity index (χ0v) is 11.4. The van der Waals surface area contributed by atoms with Gasteiger partial charge < -0.3 is 4.74 Å². The number of rotatable bonds is 1. The van der Waals surface area contributed by atoms with Gasteiger partial charge in [0.2, 0.25) is 5.88 Å². The Balaban J connectivity index is 3.51. The molecule has 0 atom stereocenters. The Hall–Kier alpha value is -1.12. The number of ether oxygens (including phenoxy) is 1. The van der Waals surface area contributed by atoms with Gasteiger partial charge in [-0.25, -0.2) is 9.97 Å². The first-order chi connectivity index (χ1) is 7.18. The summed E-state index contributed by atoms with van der Waals surface area (Å²) in [6, 6.07) is 0. The van der Waals surface area contributed by atoms with Crippen LogP contribution in [0.25, 0.3) is 0 Å². The highest BCUT2D eigenvalue weighted by Crippen LogP contribution is 2.36. The molecule has 0 amide bonds. The number of hydrogen-bond donors (Lipinski definition) is 0. The van der Waals surface area contributed by atoms with Crippen LogP contribution in [0.1, 0.15) is 52.8 Å². The topological polar surface area (TPSA) is 35.0 Å². The molecule has 1 heterocycles. The Kier molecular flexibility index (Phi) is 3.27. The van der Waals surface area contributed by atoms with E-state index < -0.39 is 0 Å². The van der Waals surface area contributed by atoms with Crippen LogP contribution >= 0.6 is 0 Å². The quantitative estimate of drug-likeness (QED) is 0.732. The van der Waals surface area contributed by atoms with Crippen molar-refractivity contribution < 1.29 is 4.74 Å². The number of methoxy groups -OCH3 is 1. The summed E-state index contributed by atoms with van der Waals surface area (Å²) in [7, 11) is 1.66. The molecule has 0 aliphatic heterocycles. The minimum Gasteiger partial charge on any atom is -0.481 e. The van der Waals surface area contributed by atoms with E-state index in [1.807, 2.05) is 0 Å². The molecule has 3 nitrogen and oxygen atoms in total. The van der Waals surface area contributed by atoms with Crippen molar-refractivity contribution in [3.8, 4) is 5.88 Å². The molecule has 1 aromatic rings. The Labute approximate surface area is 98.3 Å². The van der Waals surface area contributed by atoms with E-state index in [1.54, 1.807) is 13.4 Å². The third-order valence-corrected chi connectivity index (χ3v) is 2.47. The molecule has 0 unspecified atom stereocenters. The Morgan fingerprint density at radius 1 is 0.938 bits per heavy atom. The van der Waals surface area contributed by atoms with Gasteiger partial charge in [-0.15, -0.1) is 0 Å². The summed E-state index contributed by atoms with van der Waals surface area (Å²) >= 11 is 0. The molecule has 0 fully saturated rings. The van der Waals surface area contributed by atoms with Crippen LogP contribution < -0.4 is 4.74 Å². The highest BCUT2D eigenvalue weighted by molar-refractivity contribution is 5.39. The third kappa shape index (κ3) is 2.52. The summed E-state index contributed by atoms with van der Waals surface area (Å²) in [5.74, 6) is 0.687. The Bertz CT molecular complexity index is 372. The summed E-state index contributed by atoms with van der Waals surface area (Å²) in [4.78, 5) is 8.64. The molecule has 90 valence electrons. The maximum atomic E-state index is 5.36. The molecule has 0 bridgehead atoms. The second-order valence-corrected chi connectivity index (χ2v) is 6.11. The number of aromatic nitrogens is 2. The molecule has 3 heteroatoms. The van der Waals surface area contributed by atoms with Gasteiger partial charge in [-0.3, -0.25) is 0 Å². The summed E-state index contributed by atoms with van der Waals surface area (Å²) in [6.07, 6.45) is 1.58. The summed E-state index contributed by atoms with van der Waals surface area (Å²) in [5, 5.41) is 0. The van der Waals surface area contributed by atoms with Crippen molar-refractivity contribution in [1.82, 2.24) is 9.97 Å². The summed E-state index contributed by atoms with van der Waals surface area (Å²) in [6.45, 7) is 12.9. The van der Waals surface area contributed by atoms with E-state index in [0.29, 0.717) is 5.88 Å². The van der Waals surface area contributed by atoms with Gasteiger partial charge in [-0.05, 0) is 5.41 Å². The van der Waals surface area contributed by atoms with Gasteiger partial charge in [0.25, 0.3) is 0 Å². The van der Waals surface area contributed by atoms with E-state index in [9.17, 15) is 0 Å². The maximum Gasteiger partial charge on any atom is 0.220 e. The van der Waals surface area contributed by atoms with E-state index in [4.69, 9.17) is 4.74 Å². The number of nitrogens with zero attached hydrogens (tertiary/aromatic N) is 2. The molecule has 0 radical (unpaired) electrons. The normalized spacial score (nSPS) is 12.7. The molecule has 0 saturated heterocycles. The van der Waals surface area contributed by atoms with Crippen molar-refractivity contribution in [2.45, 2.75) is 52.4 Å². The van der Waals surface area contributed by atoms with E-state index in [1.165, 1.54) is 0 Å². The van der Waals surface area contributed by atoms with Crippen molar-refractivity contribution in [3.05, 3.63) is 17.6 Å². The molecule has 16 heavy (non-hydrogen) atoms. The van der Waals surface area contributed by atoms with Crippen molar-refractivity contribution in [3.63, 3.8) is 0 Å². The Morgan fingerprint density at radius 2 is 1.50 bits per heavy atom. The first kappa shape index (κ1) is 12.9. The van der Waals surface area contributed by atoms with Crippen molar-refractivity contribution in [2.75, 3.05) is 7.11 Å². The average Bonchev–Trinajstić information content (AvgIpc) is 2.13. The molecule has 0 saturated carbocycles. The van der Waals surface area contributed by atoms with Gasteiger partial charge in [0.15, 0.2) is 0 Å². The average molecular weight is 222 g/mol. The predicted molar refractivity (Wildman–Crippen MR) is 66.0 cm³/mol. The fourth-order valence-corrected chi connectivity index (χ4v) is 1.77. The summed E-state index contributed by atoms with van der Waals surface area (Å²) in [5.41, 5.74) is 2.14. The minimum atomic E-state index is -0.0186. The molecule has 0 spiro atoms. The lowest BCUT2D eigenvalue weighted by Crippen LogP contribution is -2.25. The van der Waals surface area contributed by atoms with Crippen LogP contribution in [0.4, 0.5) is 0 Å². The van der Waals surface area contributed by atoms with E-state index in [0.717, 1.165) is 11.3 Å². The monoisotopic (exact) mass is 222 g/mol. The largest absolute Gasteiger partial charge is 0.481 e. The standard InChI is InChI=1S/C13H22N2O/c1-12(2,3)9-10(13(4,5)6)14-8-15-11(9)16-7/h8H,1-7H3. The second-order valence-electron chi connectivity index (χ2n) is 6.11. The van der Waals surface area contributed by atoms with Crippen molar-refractivity contribution >= 4 is 0 Å². The first-order valence-electron chi connectivity index (χ1n) is 5.58. The lowest BCUT2D eigenvalue weighted by Gasteiger charge is -2.29. The van der Waals surface area contributed by atoms with Gasteiger partial charge in [-0.2, -0.15) is 0 Å². The zero-order chi connectivity index (χ0) is 12.6. The van der Waals surface area contributed by atoms with Gasteiger partial charge >= 0.3 is 0 Å². The van der Waals surface area contributed by atoms with Gasteiger partial charge in [-0.1, -0.05) is 41.5 Å². The van der Waals surface area contributed by atoms with Gasteiger partial charge in [0.1, 0.15) is 6.33 Å². The van der Waals surface area contributed by atoms with Crippen LogP contribution in [0.3, 0.4) is 0 Å². The van der Waals surface area contributed by atoms with Gasteiger partial charge in [0.05, 0.1) is 12.8 Å². The van der Waals surface area contributed by atoms with Crippen molar-refractivity contribution in [1.29, 1.82) is 0 Å². The molecular weight excluding hydrogens is 200 g/mol. The highest BCUT2D eigenvalue weighted by Gasteiger charge is 2.30. The minimum absolute atomic E-state index is 0.00116. The van der Waals surface area contributed by atoms with Crippen LogP contribution in [0.2, 0.25) is 0 Å². The van der Waals surface area contributed by atoms with E-state index >= 15 is 0 Å². The van der Waals surface area contributed by atoms with Gasteiger partial charge in [0, 0.05) is 11.0 Å². The molecule has 1 rings (SSSR count). The highest BCUT2D eigenvalue weighted by atomic mass is 16.5. The third-order valence-electron chi connectivity index (χ3n) is 2.47. The zero-order valence-electron chi connectivity index (χ0n) is 11.4. The lowest BCUT2D eigenvalue weighted by molar-refractivity contribution is 0.371. The van der Waals surface area contributed by atoms with Crippen LogP contribution in [0.15, 0.2) is 6.33 Å². The fourth-order valence-electron chi connectivity index (χ4n) is 1.77. The molecular formula is C13H22N2O. The second kappa shape index (κ2) is 4.04. The van der Waals surface area contributed by atoms with E-state index in [2.05, 4.69) is 51.5 Å². The molecule has 0 aromatic carbocycles. The first-order valence-corrected chi connectivity index (χ1v) is 5.58. The number of hydrogen-bond acceptors (Lipinski definition) is 3. The van der Waals surface area contributed by atoms with Crippen molar-refractivity contribution in [2.24, 2.45) is 0 Å². The van der Waals surface area contributed by atoms with Crippen LogP contribution in [0, 0.1) is 0 Å². The van der Waals surface area contributed by atoms with Crippen LogP contribution in [0.5, 0.6) is 5.88 Å². The predicted octanol–water partition coefficient (Wildman–Crippen LogP) is 3.08. The lowest BCUT2D eigenvalue weighted by atomic mass is 9.79. The van der Waals surface area contributed by atoms with Crippen LogP contribution in [-0.2, 0) is 10.8 Å². The Morgan fingerprint density at radius 3 is 1.88 bits per heavy atom. The van der Waals surface area contributed by atoms with Crippen LogP contribution in [-0.4, -0.2) is 17.1 Å². The fraction of sp³-hybridized carbons (Fsp3) is 0.692. The maximum absolute atomic E-state index is 5.36. The molecule has 0 N–H and O–H groups in total.